The van der Waals surface area contributed by atoms with Gasteiger partial charge in [0.15, 0.2) is 0 Å². The van der Waals surface area contributed by atoms with Crippen LogP contribution in [0.5, 0.6) is 0 Å². The van der Waals surface area contributed by atoms with Crippen molar-refractivity contribution in [3.05, 3.63) is 48.5 Å². The summed E-state index contributed by atoms with van der Waals surface area (Å²) in [5, 5.41) is 13.8. The van der Waals surface area contributed by atoms with Crippen molar-refractivity contribution in [2.45, 2.75) is 18.7 Å². The van der Waals surface area contributed by atoms with Crippen LogP contribution in [0.2, 0.25) is 0 Å². The maximum atomic E-state index is 11.6. The van der Waals surface area contributed by atoms with E-state index in [1.807, 2.05) is 0 Å². The summed E-state index contributed by atoms with van der Waals surface area (Å²) >= 11 is 1.42. The SMILES string of the molecule is Br.CSCCC(NCc1cc([N+](=O)[O-])cc2[nH]c(=O)c(=O)[nH]c12)P(=O)(O)O. The highest BCUT2D eigenvalue weighted by molar-refractivity contribution is 8.93. The molecule has 27 heavy (non-hydrogen) atoms. The Bertz CT molecular complexity index is 989. The van der Waals surface area contributed by atoms with Crippen molar-refractivity contribution in [1.82, 2.24) is 15.3 Å². The summed E-state index contributed by atoms with van der Waals surface area (Å²) in [5.74, 6) is -0.637. The van der Waals surface area contributed by atoms with E-state index >= 15 is 0 Å². The molecule has 2 aromatic rings. The zero-order valence-electron chi connectivity index (χ0n) is 14.0. The molecule has 150 valence electrons. The van der Waals surface area contributed by atoms with Gasteiger partial charge < -0.3 is 19.8 Å². The normalized spacial score (nSPS) is 12.6. The number of hydrogen-bond acceptors (Lipinski definition) is 7. The molecule has 14 heteroatoms. The number of nitro groups is 1. The molecule has 0 aliphatic carbocycles. The molecule has 0 spiro atoms. The first kappa shape index (κ1) is 23.5. The Morgan fingerprint density at radius 1 is 1.30 bits per heavy atom. The van der Waals surface area contributed by atoms with Gasteiger partial charge in [0.25, 0.3) is 5.69 Å². The average Bonchev–Trinajstić information content (AvgIpc) is 2.54. The lowest BCUT2D eigenvalue weighted by atomic mass is 10.1. The summed E-state index contributed by atoms with van der Waals surface area (Å²) in [6.07, 6.45) is 1.98. The Labute approximate surface area is 167 Å². The fraction of sp³-hybridized carbons (Fsp3) is 0.385. The third kappa shape index (κ3) is 5.99. The minimum absolute atomic E-state index is 0. The van der Waals surface area contributed by atoms with Gasteiger partial charge in [0.05, 0.1) is 16.0 Å². The van der Waals surface area contributed by atoms with Crippen LogP contribution in [0.1, 0.15) is 12.0 Å². The number of nitro benzene ring substituents is 1. The molecule has 0 radical (unpaired) electrons. The average molecular weight is 485 g/mol. The fourth-order valence-electron chi connectivity index (χ4n) is 2.37. The van der Waals surface area contributed by atoms with Crippen molar-refractivity contribution >= 4 is 53.1 Å². The van der Waals surface area contributed by atoms with E-state index in [4.69, 9.17) is 0 Å². The number of non-ortho nitro benzene ring substituents is 1. The Morgan fingerprint density at radius 2 is 1.93 bits per heavy atom. The van der Waals surface area contributed by atoms with Crippen LogP contribution in [-0.4, -0.2) is 42.5 Å². The van der Waals surface area contributed by atoms with Crippen molar-refractivity contribution in [2.24, 2.45) is 0 Å². The van der Waals surface area contributed by atoms with Gasteiger partial charge in [-0.15, -0.1) is 17.0 Å². The number of nitrogens with one attached hydrogen (secondary N) is 3. The molecule has 1 unspecified atom stereocenters. The van der Waals surface area contributed by atoms with Crippen molar-refractivity contribution in [3.63, 3.8) is 0 Å². The highest BCUT2D eigenvalue weighted by Gasteiger charge is 2.28. The minimum atomic E-state index is -4.44. The lowest BCUT2D eigenvalue weighted by molar-refractivity contribution is -0.384. The van der Waals surface area contributed by atoms with Crippen molar-refractivity contribution in [2.75, 3.05) is 12.0 Å². The first-order valence-corrected chi connectivity index (χ1v) is 10.4. The number of thioether (sulfide) groups is 1. The molecule has 1 atom stereocenters. The molecule has 0 aliphatic rings. The van der Waals surface area contributed by atoms with Crippen LogP contribution >= 0.6 is 36.3 Å². The van der Waals surface area contributed by atoms with Crippen molar-refractivity contribution in [1.29, 1.82) is 0 Å². The van der Waals surface area contributed by atoms with Crippen LogP contribution in [0, 0.1) is 10.1 Å². The van der Waals surface area contributed by atoms with Gasteiger partial charge >= 0.3 is 18.7 Å². The number of rotatable bonds is 8. The Morgan fingerprint density at radius 3 is 2.48 bits per heavy atom. The molecule has 11 nitrogen and oxygen atoms in total. The van der Waals surface area contributed by atoms with Gasteiger partial charge in [-0.3, -0.25) is 29.6 Å². The monoisotopic (exact) mass is 484 g/mol. The molecule has 1 aromatic heterocycles. The molecule has 0 saturated carbocycles. The highest BCUT2D eigenvalue weighted by atomic mass is 79.9. The second kappa shape index (κ2) is 9.62. The van der Waals surface area contributed by atoms with Gasteiger partial charge in [0, 0.05) is 18.7 Å². The maximum absolute atomic E-state index is 11.6. The van der Waals surface area contributed by atoms with Gasteiger partial charge in [0.2, 0.25) is 0 Å². The van der Waals surface area contributed by atoms with Gasteiger partial charge in [-0.2, -0.15) is 11.8 Å². The number of aromatic nitrogens is 2. The predicted octanol–water partition coefficient (Wildman–Crippen LogP) is 1.05. The summed E-state index contributed by atoms with van der Waals surface area (Å²) in [5.41, 5.74) is -1.77. The number of fused-ring (bicyclic) bond motifs is 1. The van der Waals surface area contributed by atoms with Gasteiger partial charge in [-0.1, -0.05) is 0 Å². The lowest BCUT2D eigenvalue weighted by Gasteiger charge is -2.20. The molecule has 2 rings (SSSR count). The number of aromatic amines is 2. The van der Waals surface area contributed by atoms with E-state index < -0.39 is 29.4 Å². The molecule has 0 saturated heterocycles. The van der Waals surface area contributed by atoms with Crippen LogP contribution in [0.25, 0.3) is 11.0 Å². The first-order valence-electron chi connectivity index (χ1n) is 7.34. The molecule has 1 heterocycles. The summed E-state index contributed by atoms with van der Waals surface area (Å²) in [6, 6.07) is 2.28. The molecular formula is C13H18BrN4O7PS. The van der Waals surface area contributed by atoms with E-state index in [1.165, 1.54) is 17.8 Å². The van der Waals surface area contributed by atoms with E-state index in [0.29, 0.717) is 5.75 Å². The fourth-order valence-corrected chi connectivity index (χ4v) is 3.81. The van der Waals surface area contributed by atoms with Crippen LogP contribution in [0.4, 0.5) is 5.69 Å². The maximum Gasteiger partial charge on any atom is 0.342 e. The number of H-pyrrole nitrogens is 2. The predicted molar refractivity (Wildman–Crippen MR) is 108 cm³/mol. The standard InChI is InChI=1S/C13H17N4O7PS.BrH/c1-26-3-2-10(25(22,23)24)14-6-7-4-8(17(20)21)5-9-11(7)16-13(19)12(18)15-9;/h4-5,10,14H,2-3,6H2,1H3,(H,15,18)(H,16,19)(H2,22,23,24);1H. The van der Waals surface area contributed by atoms with Crippen molar-refractivity contribution in [3.8, 4) is 0 Å². The first-order chi connectivity index (χ1) is 12.1. The second-order valence-electron chi connectivity index (χ2n) is 5.46. The van der Waals surface area contributed by atoms with Crippen LogP contribution in [0.3, 0.4) is 0 Å². The Balaban J connectivity index is 0.00000364. The van der Waals surface area contributed by atoms with Crippen LogP contribution in [0.15, 0.2) is 21.7 Å². The highest BCUT2D eigenvalue weighted by Crippen LogP contribution is 2.42. The van der Waals surface area contributed by atoms with E-state index in [-0.39, 0.29) is 52.2 Å². The number of benzene rings is 1. The van der Waals surface area contributed by atoms with Gasteiger partial charge in [-0.05, 0) is 24.0 Å². The zero-order valence-corrected chi connectivity index (χ0v) is 17.4. The molecule has 0 aliphatic heterocycles. The number of nitrogens with zero attached hydrogens (tertiary/aromatic N) is 1. The quantitative estimate of drug-likeness (QED) is 0.158. The molecule has 0 amide bonds. The topological polar surface area (TPSA) is 178 Å². The molecule has 1 aromatic carbocycles. The van der Waals surface area contributed by atoms with E-state index in [9.17, 15) is 34.1 Å². The largest absolute Gasteiger partial charge is 0.342 e. The summed E-state index contributed by atoms with van der Waals surface area (Å²) < 4.78 is 11.6. The summed E-state index contributed by atoms with van der Waals surface area (Å²) in [4.78, 5) is 56.9. The van der Waals surface area contributed by atoms with E-state index in [2.05, 4.69) is 15.3 Å². The van der Waals surface area contributed by atoms with E-state index in [0.717, 1.165) is 6.07 Å². The third-order valence-electron chi connectivity index (χ3n) is 3.64. The molecule has 5 N–H and O–H groups in total. The number of hydrogen-bond donors (Lipinski definition) is 5. The minimum Gasteiger partial charge on any atom is -0.323 e. The van der Waals surface area contributed by atoms with Gasteiger partial charge in [-0.25, -0.2) is 0 Å². The zero-order chi connectivity index (χ0) is 19.5. The lowest BCUT2D eigenvalue weighted by Crippen LogP contribution is -2.31. The smallest absolute Gasteiger partial charge is 0.323 e. The Kier molecular flexibility index (Phi) is 8.39. The summed E-state index contributed by atoms with van der Waals surface area (Å²) in [7, 11) is -4.44. The Hall–Kier alpha value is -1.50. The summed E-state index contributed by atoms with van der Waals surface area (Å²) in [6.45, 7) is -0.148. The van der Waals surface area contributed by atoms with Crippen molar-refractivity contribution < 1.29 is 19.3 Å². The molecule has 0 fully saturated rings. The van der Waals surface area contributed by atoms with E-state index in [1.54, 1.807) is 6.26 Å². The molecule has 0 bridgehead atoms. The van der Waals surface area contributed by atoms with Crippen LogP contribution < -0.4 is 16.4 Å². The van der Waals surface area contributed by atoms with Crippen LogP contribution in [-0.2, 0) is 11.1 Å². The second-order valence-corrected chi connectivity index (χ2v) is 8.25. The number of halogens is 1. The van der Waals surface area contributed by atoms with Gasteiger partial charge in [0.1, 0.15) is 5.78 Å². The molecular weight excluding hydrogens is 467 g/mol. The third-order valence-corrected chi connectivity index (χ3v) is 5.53.